The number of hydrogen-bond donors (Lipinski definition) is 2. The highest BCUT2D eigenvalue weighted by Crippen LogP contribution is 2.39. The van der Waals surface area contributed by atoms with E-state index in [1.165, 1.54) is 0 Å². The van der Waals surface area contributed by atoms with Crippen LogP contribution in [-0.4, -0.2) is 20.8 Å². The predicted octanol–water partition coefficient (Wildman–Crippen LogP) is 2.91. The molecular formula is C13H22Cl2N2O2. The third kappa shape index (κ3) is 4.73. The quantitative estimate of drug-likeness (QED) is 0.760. The lowest BCUT2D eigenvalue weighted by Gasteiger charge is -2.17. The van der Waals surface area contributed by atoms with E-state index in [-0.39, 0.29) is 18.4 Å². The summed E-state index contributed by atoms with van der Waals surface area (Å²) in [6.45, 7) is 0.687. The van der Waals surface area contributed by atoms with Crippen molar-refractivity contribution in [3.05, 3.63) is 22.7 Å². The first-order valence-electron chi connectivity index (χ1n) is 6.01. The highest BCUT2D eigenvalue weighted by molar-refractivity contribution is 6.33. The second kappa shape index (κ2) is 9.26. The number of nitrogens with two attached hydrogens (primary N) is 2. The van der Waals surface area contributed by atoms with Crippen LogP contribution in [0.15, 0.2) is 12.1 Å². The van der Waals surface area contributed by atoms with E-state index in [1.807, 2.05) is 12.1 Å². The number of halogens is 2. The van der Waals surface area contributed by atoms with Gasteiger partial charge in [0.2, 0.25) is 0 Å². The van der Waals surface area contributed by atoms with Crippen molar-refractivity contribution in [2.45, 2.75) is 25.3 Å². The van der Waals surface area contributed by atoms with Gasteiger partial charge in [0.25, 0.3) is 0 Å². The van der Waals surface area contributed by atoms with Gasteiger partial charge in [0, 0.05) is 6.04 Å². The van der Waals surface area contributed by atoms with Gasteiger partial charge in [-0.3, -0.25) is 0 Å². The topological polar surface area (TPSA) is 70.5 Å². The average molecular weight is 309 g/mol. The third-order valence-electron chi connectivity index (χ3n) is 2.88. The summed E-state index contributed by atoms with van der Waals surface area (Å²) >= 11 is 6.29. The zero-order valence-corrected chi connectivity index (χ0v) is 12.9. The molecule has 1 aromatic carbocycles. The number of rotatable bonds is 7. The van der Waals surface area contributed by atoms with E-state index in [0.29, 0.717) is 23.1 Å². The van der Waals surface area contributed by atoms with Crippen LogP contribution in [0.4, 0.5) is 0 Å². The van der Waals surface area contributed by atoms with E-state index in [2.05, 4.69) is 0 Å². The van der Waals surface area contributed by atoms with Crippen molar-refractivity contribution < 1.29 is 9.47 Å². The monoisotopic (exact) mass is 308 g/mol. The fraction of sp³-hybridized carbons (Fsp3) is 0.538. The molecule has 0 amide bonds. The molecule has 0 fully saturated rings. The molecule has 0 heterocycles. The van der Waals surface area contributed by atoms with Crippen molar-refractivity contribution in [2.75, 3.05) is 20.8 Å². The molecule has 1 aromatic rings. The van der Waals surface area contributed by atoms with Gasteiger partial charge in [-0.15, -0.1) is 12.4 Å². The Morgan fingerprint density at radius 1 is 1.21 bits per heavy atom. The van der Waals surface area contributed by atoms with Gasteiger partial charge in [-0.25, -0.2) is 0 Å². The Labute approximate surface area is 125 Å². The lowest BCUT2D eigenvalue weighted by atomic mass is 10.0. The van der Waals surface area contributed by atoms with Crippen molar-refractivity contribution >= 4 is 24.0 Å². The summed E-state index contributed by atoms with van der Waals surface area (Å²) in [7, 11) is 3.14. The molecule has 0 saturated carbocycles. The van der Waals surface area contributed by atoms with Crippen molar-refractivity contribution in [2.24, 2.45) is 11.5 Å². The van der Waals surface area contributed by atoms with E-state index in [0.717, 1.165) is 24.8 Å². The molecule has 6 heteroatoms. The Kier molecular flexibility index (Phi) is 8.93. The zero-order valence-electron chi connectivity index (χ0n) is 11.3. The first-order valence-corrected chi connectivity index (χ1v) is 6.39. The minimum absolute atomic E-state index is 0. The van der Waals surface area contributed by atoms with Crippen molar-refractivity contribution in [1.82, 2.24) is 0 Å². The van der Waals surface area contributed by atoms with Crippen LogP contribution in [0.3, 0.4) is 0 Å². The second-order valence-corrected chi connectivity index (χ2v) is 4.47. The summed E-state index contributed by atoms with van der Waals surface area (Å²) in [6.07, 6.45) is 2.81. The first-order chi connectivity index (χ1) is 8.65. The summed E-state index contributed by atoms with van der Waals surface area (Å²) in [5, 5.41) is 0.525. The Balaban J connectivity index is 0.00000324. The van der Waals surface area contributed by atoms with Gasteiger partial charge < -0.3 is 20.9 Å². The lowest BCUT2D eigenvalue weighted by Crippen LogP contribution is -2.12. The summed E-state index contributed by atoms with van der Waals surface area (Å²) in [5.41, 5.74) is 12.5. The van der Waals surface area contributed by atoms with Gasteiger partial charge >= 0.3 is 0 Å². The maximum Gasteiger partial charge on any atom is 0.179 e. The van der Waals surface area contributed by atoms with Gasteiger partial charge in [-0.2, -0.15) is 0 Å². The summed E-state index contributed by atoms with van der Waals surface area (Å²) in [6, 6.07) is 3.60. The summed E-state index contributed by atoms with van der Waals surface area (Å²) < 4.78 is 10.4. The van der Waals surface area contributed by atoms with Gasteiger partial charge in [0.1, 0.15) is 0 Å². The molecule has 0 saturated heterocycles. The smallest absolute Gasteiger partial charge is 0.179 e. The predicted molar refractivity (Wildman–Crippen MR) is 81.6 cm³/mol. The minimum Gasteiger partial charge on any atom is -0.493 e. The standard InChI is InChI=1S/C13H21ClN2O2.ClH/c1-17-11-7-6-9(12(14)13(11)18-2)10(16)5-3-4-8-15;/h6-7,10H,3-5,8,15-16H2,1-2H3;1H/t10-;/m1./s1. The number of hydrogen-bond acceptors (Lipinski definition) is 4. The lowest BCUT2D eigenvalue weighted by molar-refractivity contribution is 0.354. The van der Waals surface area contributed by atoms with Crippen LogP contribution < -0.4 is 20.9 Å². The van der Waals surface area contributed by atoms with Gasteiger partial charge in [-0.05, 0) is 31.0 Å². The molecule has 0 bridgehead atoms. The minimum atomic E-state index is -0.108. The average Bonchev–Trinajstić information content (AvgIpc) is 2.38. The highest BCUT2D eigenvalue weighted by atomic mass is 35.5. The molecule has 1 atom stereocenters. The number of benzene rings is 1. The van der Waals surface area contributed by atoms with Crippen LogP contribution in [0.2, 0.25) is 5.02 Å². The third-order valence-corrected chi connectivity index (χ3v) is 3.27. The first kappa shape index (κ1) is 18.3. The van der Waals surface area contributed by atoms with E-state index >= 15 is 0 Å². The van der Waals surface area contributed by atoms with Gasteiger partial charge in [0.05, 0.1) is 19.2 Å². The highest BCUT2D eigenvalue weighted by Gasteiger charge is 2.17. The zero-order chi connectivity index (χ0) is 13.5. The second-order valence-electron chi connectivity index (χ2n) is 4.10. The molecule has 1 rings (SSSR count). The van der Waals surface area contributed by atoms with Crippen LogP contribution in [0.25, 0.3) is 0 Å². The molecule has 0 radical (unpaired) electrons. The maximum absolute atomic E-state index is 6.29. The van der Waals surface area contributed by atoms with E-state index < -0.39 is 0 Å². The fourth-order valence-corrected chi connectivity index (χ4v) is 2.23. The van der Waals surface area contributed by atoms with E-state index in [9.17, 15) is 0 Å². The molecular weight excluding hydrogens is 287 g/mol. The molecule has 0 unspecified atom stereocenters. The molecule has 4 N–H and O–H groups in total. The molecule has 0 spiro atoms. The summed E-state index contributed by atoms with van der Waals surface area (Å²) in [5.74, 6) is 1.14. The normalized spacial score (nSPS) is 11.6. The Morgan fingerprint density at radius 3 is 2.42 bits per heavy atom. The van der Waals surface area contributed by atoms with Crippen LogP contribution in [0.5, 0.6) is 11.5 Å². The SMILES string of the molecule is COc1ccc([C@H](N)CCCCN)c(Cl)c1OC.Cl. The molecule has 4 nitrogen and oxygen atoms in total. The largest absolute Gasteiger partial charge is 0.493 e. The Hall–Kier alpha value is -0.680. The van der Waals surface area contributed by atoms with Gasteiger partial charge in [-0.1, -0.05) is 24.1 Å². The molecule has 19 heavy (non-hydrogen) atoms. The van der Waals surface area contributed by atoms with Gasteiger partial charge in [0.15, 0.2) is 11.5 Å². The van der Waals surface area contributed by atoms with E-state index in [4.69, 9.17) is 32.5 Å². The Bertz CT molecular complexity index is 389. The van der Waals surface area contributed by atoms with Crippen LogP contribution >= 0.6 is 24.0 Å². The van der Waals surface area contributed by atoms with Crippen molar-refractivity contribution in [3.8, 4) is 11.5 Å². The molecule has 0 aliphatic rings. The number of ether oxygens (including phenoxy) is 2. The molecule has 0 aliphatic heterocycles. The maximum atomic E-state index is 6.29. The summed E-state index contributed by atoms with van der Waals surface area (Å²) in [4.78, 5) is 0. The van der Waals surface area contributed by atoms with Crippen LogP contribution in [0.1, 0.15) is 30.9 Å². The van der Waals surface area contributed by atoms with Crippen molar-refractivity contribution in [3.63, 3.8) is 0 Å². The molecule has 0 aromatic heterocycles. The number of unbranched alkanes of at least 4 members (excludes halogenated alkanes) is 1. The number of methoxy groups -OCH3 is 2. The Morgan fingerprint density at radius 2 is 1.89 bits per heavy atom. The van der Waals surface area contributed by atoms with Crippen LogP contribution in [0, 0.1) is 0 Å². The molecule has 0 aliphatic carbocycles. The van der Waals surface area contributed by atoms with Crippen molar-refractivity contribution in [1.29, 1.82) is 0 Å². The van der Waals surface area contributed by atoms with Crippen LogP contribution in [-0.2, 0) is 0 Å². The molecule has 110 valence electrons. The van der Waals surface area contributed by atoms with E-state index in [1.54, 1.807) is 14.2 Å². The fourth-order valence-electron chi connectivity index (χ4n) is 1.85.